The van der Waals surface area contributed by atoms with Crippen LogP contribution in [0.15, 0.2) is 0 Å². The van der Waals surface area contributed by atoms with Crippen molar-refractivity contribution in [3.63, 3.8) is 0 Å². The Hall–Kier alpha value is -0.0800. The Kier molecular flexibility index (Phi) is 13.8. The molecule has 0 aromatic carbocycles. The lowest BCUT2D eigenvalue weighted by Gasteiger charge is -2.22. The standard InChI is InChI=1S/C9H19NO.2C2H6/c1-4-10(9-5-6-9)7-8(2)11-3;2*1-2/h8-9H,4-7H2,1-3H3;2*1-2H3. The van der Waals surface area contributed by atoms with Gasteiger partial charge >= 0.3 is 0 Å². The summed E-state index contributed by atoms with van der Waals surface area (Å²) in [6.45, 7) is 14.6. The molecule has 0 aromatic heterocycles. The Morgan fingerprint density at radius 2 is 1.67 bits per heavy atom. The van der Waals surface area contributed by atoms with Gasteiger partial charge in [0.2, 0.25) is 0 Å². The highest BCUT2D eigenvalue weighted by Crippen LogP contribution is 2.26. The van der Waals surface area contributed by atoms with Crippen LogP contribution in [-0.4, -0.2) is 37.2 Å². The molecular formula is C13H31NO. The van der Waals surface area contributed by atoms with Crippen LogP contribution in [0.4, 0.5) is 0 Å². The van der Waals surface area contributed by atoms with Crippen LogP contribution in [0, 0.1) is 0 Å². The first kappa shape index (κ1) is 17.3. The highest BCUT2D eigenvalue weighted by Gasteiger charge is 2.28. The molecule has 0 heterocycles. The molecule has 2 nitrogen and oxygen atoms in total. The first-order valence-corrected chi connectivity index (χ1v) is 6.54. The molecule has 1 atom stereocenters. The van der Waals surface area contributed by atoms with E-state index in [1.54, 1.807) is 7.11 Å². The summed E-state index contributed by atoms with van der Waals surface area (Å²) in [7, 11) is 1.78. The average molecular weight is 217 g/mol. The van der Waals surface area contributed by atoms with E-state index in [4.69, 9.17) is 4.74 Å². The van der Waals surface area contributed by atoms with Crippen molar-refractivity contribution in [3.8, 4) is 0 Å². The van der Waals surface area contributed by atoms with Gasteiger partial charge in [-0.1, -0.05) is 34.6 Å². The van der Waals surface area contributed by atoms with E-state index in [1.807, 2.05) is 27.7 Å². The molecule has 1 saturated carbocycles. The van der Waals surface area contributed by atoms with E-state index in [1.165, 1.54) is 19.4 Å². The van der Waals surface area contributed by atoms with Crippen molar-refractivity contribution in [3.05, 3.63) is 0 Å². The largest absolute Gasteiger partial charge is 0.380 e. The van der Waals surface area contributed by atoms with E-state index in [0.717, 1.165) is 12.6 Å². The van der Waals surface area contributed by atoms with Crippen molar-refractivity contribution in [2.75, 3.05) is 20.2 Å². The molecule has 94 valence electrons. The van der Waals surface area contributed by atoms with E-state index < -0.39 is 0 Å². The van der Waals surface area contributed by atoms with Crippen molar-refractivity contribution in [2.24, 2.45) is 0 Å². The van der Waals surface area contributed by atoms with Crippen LogP contribution in [0.2, 0.25) is 0 Å². The van der Waals surface area contributed by atoms with Gasteiger partial charge in [-0.25, -0.2) is 0 Å². The fraction of sp³-hybridized carbons (Fsp3) is 1.00. The van der Waals surface area contributed by atoms with Crippen LogP contribution >= 0.6 is 0 Å². The topological polar surface area (TPSA) is 12.5 Å². The number of rotatable bonds is 5. The van der Waals surface area contributed by atoms with E-state index >= 15 is 0 Å². The van der Waals surface area contributed by atoms with Crippen LogP contribution in [0.3, 0.4) is 0 Å². The van der Waals surface area contributed by atoms with Gasteiger partial charge in [0, 0.05) is 19.7 Å². The van der Waals surface area contributed by atoms with Crippen molar-refractivity contribution < 1.29 is 4.74 Å². The summed E-state index contributed by atoms with van der Waals surface area (Å²) in [5, 5.41) is 0. The van der Waals surface area contributed by atoms with Gasteiger partial charge < -0.3 is 4.74 Å². The van der Waals surface area contributed by atoms with Crippen LogP contribution in [0.1, 0.15) is 54.4 Å². The molecule has 0 aromatic rings. The number of methoxy groups -OCH3 is 1. The number of hydrogen-bond acceptors (Lipinski definition) is 2. The molecule has 0 bridgehead atoms. The smallest absolute Gasteiger partial charge is 0.0670 e. The Morgan fingerprint density at radius 1 is 1.20 bits per heavy atom. The molecule has 0 N–H and O–H groups in total. The van der Waals surface area contributed by atoms with E-state index in [2.05, 4.69) is 18.7 Å². The van der Waals surface area contributed by atoms with Gasteiger partial charge in [-0.3, -0.25) is 4.90 Å². The van der Waals surface area contributed by atoms with Crippen LogP contribution in [0.25, 0.3) is 0 Å². The molecule has 15 heavy (non-hydrogen) atoms. The molecule has 1 fully saturated rings. The summed E-state index contributed by atoms with van der Waals surface area (Å²) in [5.74, 6) is 0. The number of nitrogens with zero attached hydrogens (tertiary/aromatic N) is 1. The Bertz CT molecular complexity index is 113. The number of likely N-dealkylation sites (N-methyl/N-ethyl adjacent to an activating group) is 1. The Labute approximate surface area is 97.0 Å². The Morgan fingerprint density at radius 3 is 1.93 bits per heavy atom. The summed E-state index contributed by atoms with van der Waals surface area (Å²) in [6.07, 6.45) is 3.17. The van der Waals surface area contributed by atoms with Gasteiger partial charge in [0.15, 0.2) is 0 Å². The van der Waals surface area contributed by atoms with Gasteiger partial charge in [0.1, 0.15) is 0 Å². The summed E-state index contributed by atoms with van der Waals surface area (Å²) in [6, 6.07) is 0.873. The minimum absolute atomic E-state index is 0.385. The number of hydrogen-bond donors (Lipinski definition) is 0. The van der Waals surface area contributed by atoms with Gasteiger partial charge in [-0.2, -0.15) is 0 Å². The van der Waals surface area contributed by atoms with Gasteiger partial charge in [-0.15, -0.1) is 0 Å². The molecular weight excluding hydrogens is 186 g/mol. The number of ether oxygens (including phenoxy) is 1. The lowest BCUT2D eigenvalue weighted by molar-refractivity contribution is 0.0761. The minimum atomic E-state index is 0.385. The highest BCUT2D eigenvalue weighted by atomic mass is 16.5. The summed E-state index contributed by atoms with van der Waals surface area (Å²) in [4.78, 5) is 2.51. The van der Waals surface area contributed by atoms with Crippen LogP contribution in [-0.2, 0) is 4.74 Å². The van der Waals surface area contributed by atoms with Crippen molar-refractivity contribution in [2.45, 2.75) is 66.5 Å². The molecule has 0 aliphatic heterocycles. The fourth-order valence-electron chi connectivity index (χ4n) is 1.38. The SMILES string of the molecule is CC.CC.CCN(CC(C)OC)C1CC1. The van der Waals surface area contributed by atoms with Crippen LogP contribution < -0.4 is 0 Å². The first-order valence-electron chi connectivity index (χ1n) is 6.54. The molecule has 2 heteroatoms. The molecule has 0 amide bonds. The van der Waals surface area contributed by atoms with Gasteiger partial charge in [0.25, 0.3) is 0 Å². The zero-order valence-electron chi connectivity index (χ0n) is 11.8. The predicted molar refractivity (Wildman–Crippen MR) is 69.4 cm³/mol. The zero-order valence-corrected chi connectivity index (χ0v) is 11.8. The first-order chi connectivity index (χ1) is 7.27. The third kappa shape index (κ3) is 8.88. The second-order valence-corrected chi connectivity index (χ2v) is 3.37. The van der Waals surface area contributed by atoms with Crippen molar-refractivity contribution in [1.82, 2.24) is 4.90 Å². The summed E-state index contributed by atoms with van der Waals surface area (Å²) in [5.41, 5.74) is 0. The molecule has 1 rings (SSSR count). The molecule has 0 radical (unpaired) electrons. The summed E-state index contributed by atoms with van der Waals surface area (Å²) >= 11 is 0. The van der Waals surface area contributed by atoms with Crippen LogP contribution in [0.5, 0.6) is 0 Å². The minimum Gasteiger partial charge on any atom is -0.380 e. The monoisotopic (exact) mass is 217 g/mol. The maximum atomic E-state index is 5.22. The third-order valence-electron chi connectivity index (χ3n) is 2.36. The molecule has 0 spiro atoms. The Balaban J connectivity index is 0. The van der Waals surface area contributed by atoms with E-state index in [9.17, 15) is 0 Å². The molecule has 0 saturated heterocycles. The maximum absolute atomic E-state index is 5.22. The van der Waals surface area contributed by atoms with Gasteiger partial charge in [-0.05, 0) is 26.3 Å². The third-order valence-corrected chi connectivity index (χ3v) is 2.36. The lowest BCUT2D eigenvalue weighted by Crippen LogP contribution is -2.33. The highest BCUT2D eigenvalue weighted by molar-refractivity contribution is 4.84. The average Bonchev–Trinajstić information content (AvgIpc) is 3.15. The second kappa shape index (κ2) is 12.0. The van der Waals surface area contributed by atoms with Gasteiger partial charge in [0.05, 0.1) is 6.10 Å². The maximum Gasteiger partial charge on any atom is 0.0670 e. The van der Waals surface area contributed by atoms with E-state index in [0.29, 0.717) is 6.10 Å². The second-order valence-electron chi connectivity index (χ2n) is 3.37. The summed E-state index contributed by atoms with van der Waals surface area (Å²) < 4.78 is 5.22. The zero-order chi connectivity index (χ0) is 12.3. The molecule has 1 aliphatic carbocycles. The lowest BCUT2D eigenvalue weighted by atomic mass is 10.3. The van der Waals surface area contributed by atoms with Crippen molar-refractivity contribution >= 4 is 0 Å². The normalized spacial score (nSPS) is 16.0. The molecule has 1 aliphatic rings. The predicted octanol–water partition coefficient (Wildman–Crippen LogP) is 3.56. The van der Waals surface area contributed by atoms with E-state index in [-0.39, 0.29) is 0 Å². The quantitative estimate of drug-likeness (QED) is 0.698. The molecule has 1 unspecified atom stereocenters. The van der Waals surface area contributed by atoms with Crippen molar-refractivity contribution in [1.29, 1.82) is 0 Å². The fourth-order valence-corrected chi connectivity index (χ4v) is 1.38.